The number of aryl methyl sites for hydroxylation is 2. The summed E-state index contributed by atoms with van der Waals surface area (Å²) >= 11 is 0. The number of amides is 1. The van der Waals surface area contributed by atoms with Crippen molar-refractivity contribution in [2.24, 2.45) is 14.1 Å². The molecule has 6 aromatic rings. The highest BCUT2D eigenvalue weighted by atomic mass is 32.2. The molecule has 14 heteroatoms. The van der Waals surface area contributed by atoms with E-state index in [-0.39, 0.29) is 11.5 Å². The molecule has 0 unspecified atom stereocenters. The van der Waals surface area contributed by atoms with Crippen LogP contribution in [0.1, 0.15) is 44.4 Å². The molecule has 0 saturated carbocycles. The molecule has 244 valence electrons. The number of hydrogen-bond acceptors (Lipinski definition) is 7. The van der Waals surface area contributed by atoms with E-state index < -0.39 is 42.0 Å². The molecule has 0 atom stereocenters. The predicted molar refractivity (Wildman–Crippen MR) is 180 cm³/mol. The molecule has 48 heavy (non-hydrogen) atoms. The summed E-state index contributed by atoms with van der Waals surface area (Å²) in [6.07, 6.45) is 0. The van der Waals surface area contributed by atoms with E-state index in [9.17, 15) is 33.4 Å². The molecule has 13 nitrogen and oxygen atoms in total. The van der Waals surface area contributed by atoms with Gasteiger partial charge >= 0.3 is 0 Å². The van der Waals surface area contributed by atoms with Crippen LogP contribution in [0.15, 0.2) is 95.9 Å². The van der Waals surface area contributed by atoms with Crippen molar-refractivity contribution in [2.75, 3.05) is 0 Å². The van der Waals surface area contributed by atoms with E-state index in [1.54, 1.807) is 12.1 Å². The first kappa shape index (κ1) is 32.1. The van der Waals surface area contributed by atoms with Gasteiger partial charge in [-0.3, -0.25) is 30.4 Å². The number of hydrogen-bond donors (Lipinski definition) is 2. The fourth-order valence-corrected chi connectivity index (χ4v) is 7.36. The van der Waals surface area contributed by atoms with Crippen LogP contribution in [0.4, 0.5) is 11.4 Å². The van der Waals surface area contributed by atoms with Crippen LogP contribution in [0, 0.1) is 34.1 Å². The lowest BCUT2D eigenvalue weighted by atomic mass is 9.82. The Kier molecular flexibility index (Phi) is 8.06. The van der Waals surface area contributed by atoms with E-state index in [1.165, 1.54) is 0 Å². The van der Waals surface area contributed by atoms with Crippen LogP contribution < -0.4 is 10.3 Å². The summed E-state index contributed by atoms with van der Waals surface area (Å²) in [5.41, 5.74) is 8.07. The van der Waals surface area contributed by atoms with Crippen LogP contribution in [0.5, 0.6) is 0 Å². The molecular weight excluding hydrogens is 636 g/mol. The molecule has 0 aliphatic carbocycles. The third-order valence-corrected chi connectivity index (χ3v) is 10.2. The standard InChI is InChI=1S/C34H30N6O7S/c1-20-31(25-9-5-7-11-27(25)37(20)3)33(32-21(2)38(4)28-12-8-6-10-26(28)32)22-13-15-23(16-14-22)34(41)35-36-48(46,47)30-18-17-24(39(42)43)19-29(30)40(44)45/h5-19,33,36H,1-4H3,(H,35,41). The van der Waals surface area contributed by atoms with Crippen molar-refractivity contribution < 1.29 is 23.1 Å². The molecule has 2 heterocycles. The normalized spacial score (nSPS) is 11.8. The second-order valence-electron chi connectivity index (χ2n) is 11.4. The highest BCUT2D eigenvalue weighted by Gasteiger charge is 2.31. The van der Waals surface area contributed by atoms with E-state index in [1.807, 2.05) is 55.3 Å². The summed E-state index contributed by atoms with van der Waals surface area (Å²) in [6.45, 7) is 4.18. The van der Waals surface area contributed by atoms with E-state index >= 15 is 0 Å². The van der Waals surface area contributed by atoms with E-state index in [4.69, 9.17) is 0 Å². The van der Waals surface area contributed by atoms with Gasteiger partial charge in [0.05, 0.1) is 15.9 Å². The quantitative estimate of drug-likeness (QED) is 0.143. The maximum absolute atomic E-state index is 13.1. The number of sulfonamides is 1. The average Bonchev–Trinajstić information content (AvgIpc) is 3.48. The maximum atomic E-state index is 13.1. The smallest absolute Gasteiger partial charge is 0.296 e. The molecule has 0 bridgehead atoms. The number of para-hydroxylation sites is 2. The number of fused-ring (bicyclic) bond motifs is 2. The minimum atomic E-state index is -4.67. The van der Waals surface area contributed by atoms with Crippen LogP contribution in [0.2, 0.25) is 0 Å². The van der Waals surface area contributed by atoms with Crippen LogP contribution in [-0.4, -0.2) is 33.3 Å². The van der Waals surface area contributed by atoms with E-state index in [0.717, 1.165) is 62.0 Å². The predicted octanol–water partition coefficient (Wildman–Crippen LogP) is 5.91. The molecule has 4 aromatic carbocycles. The average molecular weight is 667 g/mol. The Morgan fingerprint density at radius 3 is 1.77 bits per heavy atom. The first-order valence-electron chi connectivity index (χ1n) is 14.7. The van der Waals surface area contributed by atoms with Crippen LogP contribution in [-0.2, 0) is 24.1 Å². The fourth-order valence-electron chi connectivity index (χ4n) is 6.36. The van der Waals surface area contributed by atoms with Crippen molar-refractivity contribution in [2.45, 2.75) is 24.7 Å². The minimum absolute atomic E-state index is 0.127. The molecule has 2 aromatic heterocycles. The summed E-state index contributed by atoms with van der Waals surface area (Å²) < 4.78 is 30.2. The number of rotatable bonds is 9. The van der Waals surface area contributed by atoms with Crippen molar-refractivity contribution in [1.82, 2.24) is 19.4 Å². The second-order valence-corrected chi connectivity index (χ2v) is 13.1. The zero-order valence-corrected chi connectivity index (χ0v) is 27.1. The maximum Gasteiger partial charge on any atom is 0.296 e. The third-order valence-electron chi connectivity index (χ3n) is 8.92. The molecular formula is C34H30N6O7S. The summed E-state index contributed by atoms with van der Waals surface area (Å²) in [7, 11) is -0.601. The van der Waals surface area contributed by atoms with Gasteiger partial charge in [0.15, 0.2) is 4.90 Å². The van der Waals surface area contributed by atoms with Gasteiger partial charge in [0.25, 0.3) is 27.3 Å². The lowest BCUT2D eigenvalue weighted by molar-refractivity contribution is -0.396. The number of carbonyl (C=O) groups excluding carboxylic acids is 1. The largest absolute Gasteiger partial charge is 0.348 e. The molecule has 0 aliphatic heterocycles. The summed E-state index contributed by atoms with van der Waals surface area (Å²) in [6, 6.07) is 25.4. The first-order valence-corrected chi connectivity index (χ1v) is 16.2. The number of nitro groups is 2. The molecule has 1 amide bonds. The van der Waals surface area contributed by atoms with E-state index in [2.05, 4.69) is 52.7 Å². The monoisotopic (exact) mass is 666 g/mol. The molecule has 0 spiro atoms. The van der Waals surface area contributed by atoms with Gasteiger partial charge in [0.1, 0.15) is 0 Å². The van der Waals surface area contributed by atoms with Crippen LogP contribution in [0.3, 0.4) is 0 Å². The lowest BCUT2D eigenvalue weighted by Gasteiger charge is -2.21. The Labute approximate surface area is 274 Å². The van der Waals surface area contributed by atoms with Crippen LogP contribution in [0.25, 0.3) is 21.8 Å². The SMILES string of the molecule is Cc1c(C(c2ccc(C(=O)NNS(=O)(=O)c3ccc([N+](=O)[O-])cc3[N+](=O)[O-])cc2)c2c(C)n(C)c3ccccc23)c2ccccc2n1C. The number of carbonyl (C=O) groups is 1. The molecule has 0 aliphatic rings. The van der Waals surface area contributed by atoms with Gasteiger partial charge in [0, 0.05) is 64.8 Å². The zero-order chi connectivity index (χ0) is 34.5. The summed E-state index contributed by atoms with van der Waals surface area (Å²) in [5.74, 6) is -1.03. The molecule has 0 radical (unpaired) electrons. The molecule has 0 fully saturated rings. The minimum Gasteiger partial charge on any atom is -0.348 e. The van der Waals surface area contributed by atoms with E-state index in [0.29, 0.717) is 6.07 Å². The van der Waals surface area contributed by atoms with Gasteiger partial charge in [-0.15, -0.1) is 4.83 Å². The van der Waals surface area contributed by atoms with Crippen molar-refractivity contribution in [3.8, 4) is 0 Å². The number of hydrazine groups is 1. The lowest BCUT2D eigenvalue weighted by Crippen LogP contribution is -2.41. The highest BCUT2D eigenvalue weighted by Crippen LogP contribution is 2.44. The first-order chi connectivity index (χ1) is 22.8. The van der Waals surface area contributed by atoms with Crippen molar-refractivity contribution in [3.05, 3.63) is 145 Å². The summed E-state index contributed by atoms with van der Waals surface area (Å²) in [5, 5.41) is 24.7. The van der Waals surface area contributed by atoms with Gasteiger partial charge in [-0.2, -0.15) is 0 Å². The second kappa shape index (κ2) is 12.1. The molecule has 0 saturated heterocycles. The highest BCUT2D eigenvalue weighted by molar-refractivity contribution is 7.89. The van der Waals surface area contributed by atoms with Crippen molar-refractivity contribution in [3.63, 3.8) is 0 Å². The number of non-ortho nitro benzene ring substituents is 1. The molecule has 6 rings (SSSR count). The topological polar surface area (TPSA) is 171 Å². The van der Waals surface area contributed by atoms with Gasteiger partial charge in [-0.1, -0.05) is 48.5 Å². The van der Waals surface area contributed by atoms with Gasteiger partial charge in [0.2, 0.25) is 0 Å². The van der Waals surface area contributed by atoms with Crippen molar-refractivity contribution in [1.29, 1.82) is 0 Å². The third kappa shape index (κ3) is 5.36. The fraction of sp³-hybridized carbons (Fsp3) is 0.147. The number of nitro benzene ring substituents is 2. The Morgan fingerprint density at radius 1 is 0.750 bits per heavy atom. The summed E-state index contributed by atoms with van der Waals surface area (Å²) in [4.78, 5) is 34.7. The van der Waals surface area contributed by atoms with Crippen molar-refractivity contribution >= 4 is 49.1 Å². The van der Waals surface area contributed by atoms with Gasteiger partial charge in [-0.25, -0.2) is 8.42 Å². The molecule has 2 N–H and O–H groups in total. The Bertz CT molecular complexity index is 2310. The Balaban J connectivity index is 1.37. The van der Waals surface area contributed by atoms with Gasteiger partial charge < -0.3 is 9.13 Å². The Hall–Kier alpha value is -5.86. The number of benzene rings is 4. The number of nitrogens with one attached hydrogen (secondary N) is 2. The zero-order valence-electron chi connectivity index (χ0n) is 26.3. The van der Waals surface area contributed by atoms with Gasteiger partial charge in [-0.05, 0) is 60.9 Å². The number of nitrogens with zero attached hydrogens (tertiary/aromatic N) is 4. The van der Waals surface area contributed by atoms with Crippen LogP contribution >= 0.6 is 0 Å². The number of aromatic nitrogens is 2. The Morgan fingerprint density at radius 2 is 1.27 bits per heavy atom.